The molecule has 0 unspecified atom stereocenters. The highest BCUT2D eigenvalue weighted by Gasteiger charge is 2.06. The van der Waals surface area contributed by atoms with Gasteiger partial charge in [-0.3, -0.25) is 0 Å². The van der Waals surface area contributed by atoms with E-state index in [0.717, 1.165) is 22.9 Å². The van der Waals surface area contributed by atoms with Gasteiger partial charge in [0.1, 0.15) is 5.82 Å². The van der Waals surface area contributed by atoms with E-state index in [-0.39, 0.29) is 5.82 Å². The van der Waals surface area contributed by atoms with Crippen molar-refractivity contribution in [3.8, 4) is 0 Å². The first-order valence-electron chi connectivity index (χ1n) is 6.52. The molecule has 0 aliphatic heterocycles. The van der Waals surface area contributed by atoms with Crippen LogP contribution in [0.3, 0.4) is 0 Å². The van der Waals surface area contributed by atoms with E-state index >= 15 is 0 Å². The van der Waals surface area contributed by atoms with E-state index in [4.69, 9.17) is 5.11 Å². The fourth-order valence-electron chi connectivity index (χ4n) is 2.09. The maximum Gasteiger partial charge on any atom is 0.328 e. The van der Waals surface area contributed by atoms with Crippen LogP contribution in [-0.2, 0) is 11.3 Å². The van der Waals surface area contributed by atoms with E-state index in [9.17, 15) is 9.18 Å². The van der Waals surface area contributed by atoms with Crippen molar-refractivity contribution >= 4 is 17.7 Å². The zero-order valence-corrected chi connectivity index (χ0v) is 11.7. The van der Waals surface area contributed by atoms with Gasteiger partial charge in [-0.25, -0.2) is 9.18 Å². The summed E-state index contributed by atoms with van der Waals surface area (Å²) < 4.78 is 12.9. The van der Waals surface area contributed by atoms with Crippen molar-refractivity contribution in [2.24, 2.45) is 0 Å². The topological polar surface area (TPSA) is 40.5 Å². The lowest BCUT2D eigenvalue weighted by atomic mass is 10.1. The van der Waals surface area contributed by atoms with E-state index in [1.54, 1.807) is 18.2 Å². The molecule has 0 atom stereocenters. The van der Waals surface area contributed by atoms with E-state index in [1.807, 2.05) is 36.2 Å². The lowest BCUT2D eigenvalue weighted by Gasteiger charge is -2.21. The van der Waals surface area contributed by atoms with Crippen molar-refractivity contribution in [3.05, 3.63) is 71.6 Å². The molecular formula is C17H16FNO2. The third kappa shape index (κ3) is 4.18. The molecule has 0 amide bonds. The molecule has 0 heterocycles. The number of carboxylic acid groups (broad SMARTS) is 1. The molecule has 2 rings (SSSR count). The maximum absolute atomic E-state index is 12.9. The molecule has 0 aliphatic rings. The van der Waals surface area contributed by atoms with Crippen LogP contribution in [0.5, 0.6) is 0 Å². The van der Waals surface area contributed by atoms with Crippen LogP contribution in [0.4, 0.5) is 10.1 Å². The molecule has 0 aromatic heterocycles. The molecule has 1 N–H and O–H groups in total. The third-order valence-electron chi connectivity index (χ3n) is 3.09. The Morgan fingerprint density at radius 2 is 1.86 bits per heavy atom. The molecule has 2 aromatic carbocycles. The monoisotopic (exact) mass is 285 g/mol. The molecule has 0 aliphatic carbocycles. The summed E-state index contributed by atoms with van der Waals surface area (Å²) in [5, 5.41) is 8.73. The Morgan fingerprint density at radius 3 is 2.52 bits per heavy atom. The zero-order valence-electron chi connectivity index (χ0n) is 11.7. The molecule has 3 nitrogen and oxygen atoms in total. The smallest absolute Gasteiger partial charge is 0.328 e. The number of carbonyl (C=O) groups is 1. The number of benzene rings is 2. The van der Waals surface area contributed by atoms with E-state index < -0.39 is 5.97 Å². The first-order valence-corrected chi connectivity index (χ1v) is 6.52. The summed E-state index contributed by atoms with van der Waals surface area (Å²) in [5.74, 6) is -1.24. The van der Waals surface area contributed by atoms with Crippen LogP contribution in [0, 0.1) is 5.82 Å². The van der Waals surface area contributed by atoms with Gasteiger partial charge in [-0.05, 0) is 35.4 Å². The molecule has 0 fully saturated rings. The maximum atomic E-state index is 12.9. The van der Waals surface area contributed by atoms with Crippen LogP contribution in [0.15, 0.2) is 54.6 Å². The van der Waals surface area contributed by atoms with Crippen molar-refractivity contribution in [1.82, 2.24) is 0 Å². The van der Waals surface area contributed by atoms with Crippen LogP contribution >= 0.6 is 0 Å². The van der Waals surface area contributed by atoms with Gasteiger partial charge in [0.2, 0.25) is 0 Å². The highest BCUT2D eigenvalue weighted by atomic mass is 19.1. The van der Waals surface area contributed by atoms with Crippen molar-refractivity contribution in [1.29, 1.82) is 0 Å². The van der Waals surface area contributed by atoms with Gasteiger partial charge in [-0.15, -0.1) is 0 Å². The van der Waals surface area contributed by atoms with Gasteiger partial charge >= 0.3 is 5.97 Å². The van der Waals surface area contributed by atoms with Crippen LogP contribution in [0.25, 0.3) is 6.08 Å². The van der Waals surface area contributed by atoms with Crippen molar-refractivity contribution in [2.75, 3.05) is 11.9 Å². The number of carboxylic acids is 1. The van der Waals surface area contributed by atoms with Gasteiger partial charge in [0.05, 0.1) is 0 Å². The second-order valence-electron chi connectivity index (χ2n) is 4.71. The van der Waals surface area contributed by atoms with Gasteiger partial charge in [-0.2, -0.15) is 0 Å². The first kappa shape index (κ1) is 14.8. The van der Waals surface area contributed by atoms with Crippen molar-refractivity contribution < 1.29 is 14.3 Å². The Kier molecular flexibility index (Phi) is 4.72. The molecule has 0 bridgehead atoms. The zero-order chi connectivity index (χ0) is 15.2. The number of anilines is 1. The van der Waals surface area contributed by atoms with Crippen LogP contribution in [-0.4, -0.2) is 18.1 Å². The molecule has 0 saturated heterocycles. The lowest BCUT2D eigenvalue weighted by molar-refractivity contribution is -0.131. The fraction of sp³-hybridized carbons (Fsp3) is 0.118. The Hall–Kier alpha value is -2.62. The third-order valence-corrected chi connectivity index (χ3v) is 3.09. The average Bonchev–Trinajstić information content (AvgIpc) is 2.47. The van der Waals surface area contributed by atoms with Gasteiger partial charge in [-0.1, -0.05) is 30.3 Å². The minimum Gasteiger partial charge on any atom is -0.478 e. The molecule has 21 heavy (non-hydrogen) atoms. The molecular weight excluding hydrogens is 269 g/mol. The van der Waals surface area contributed by atoms with Crippen LogP contribution < -0.4 is 4.90 Å². The normalized spacial score (nSPS) is 10.8. The average molecular weight is 285 g/mol. The molecule has 4 heteroatoms. The van der Waals surface area contributed by atoms with Gasteiger partial charge < -0.3 is 10.0 Å². The fourth-order valence-corrected chi connectivity index (χ4v) is 2.09. The number of hydrogen-bond donors (Lipinski definition) is 1. The van der Waals surface area contributed by atoms with E-state index in [1.165, 1.54) is 12.1 Å². The van der Waals surface area contributed by atoms with Crippen LogP contribution in [0.2, 0.25) is 0 Å². The number of hydrogen-bond acceptors (Lipinski definition) is 2. The standard InChI is InChI=1S/C17H16FNO2/c1-19(12-13-6-9-15(18)10-7-13)16-5-3-2-4-14(16)8-11-17(20)21/h2-11H,12H2,1H3,(H,20,21). The summed E-state index contributed by atoms with van der Waals surface area (Å²) in [6.45, 7) is 0.609. The number of aliphatic carboxylic acids is 1. The van der Waals surface area contributed by atoms with Crippen molar-refractivity contribution in [2.45, 2.75) is 6.54 Å². The van der Waals surface area contributed by atoms with Crippen molar-refractivity contribution in [3.63, 3.8) is 0 Å². The Balaban J connectivity index is 2.20. The Morgan fingerprint density at radius 1 is 1.19 bits per heavy atom. The quantitative estimate of drug-likeness (QED) is 0.854. The SMILES string of the molecule is CN(Cc1ccc(F)cc1)c1ccccc1C=CC(=O)O. The van der Waals surface area contributed by atoms with Gasteiger partial charge in [0.25, 0.3) is 0 Å². The molecule has 2 aromatic rings. The lowest BCUT2D eigenvalue weighted by Crippen LogP contribution is -2.17. The molecule has 0 spiro atoms. The minimum atomic E-state index is -0.981. The predicted octanol–water partition coefficient (Wildman–Crippen LogP) is 3.56. The second-order valence-corrected chi connectivity index (χ2v) is 4.71. The summed E-state index contributed by atoms with van der Waals surface area (Å²) in [4.78, 5) is 12.6. The Labute approximate surface area is 123 Å². The largest absolute Gasteiger partial charge is 0.478 e. The second kappa shape index (κ2) is 6.70. The summed E-state index contributed by atoms with van der Waals surface area (Å²) >= 11 is 0. The number of para-hydroxylation sites is 1. The molecule has 0 saturated carbocycles. The van der Waals surface area contributed by atoms with Crippen LogP contribution in [0.1, 0.15) is 11.1 Å². The number of rotatable bonds is 5. The molecule has 0 radical (unpaired) electrons. The van der Waals surface area contributed by atoms with Gasteiger partial charge in [0.15, 0.2) is 0 Å². The predicted molar refractivity (Wildman–Crippen MR) is 81.6 cm³/mol. The number of nitrogens with zero attached hydrogens (tertiary/aromatic N) is 1. The highest BCUT2D eigenvalue weighted by molar-refractivity contribution is 5.86. The van der Waals surface area contributed by atoms with E-state index in [0.29, 0.717) is 6.54 Å². The Bertz CT molecular complexity index is 650. The van der Waals surface area contributed by atoms with Gasteiger partial charge in [0, 0.05) is 25.4 Å². The summed E-state index contributed by atoms with van der Waals surface area (Å²) in [7, 11) is 1.91. The number of halogens is 1. The summed E-state index contributed by atoms with van der Waals surface area (Å²) in [6.07, 6.45) is 2.68. The highest BCUT2D eigenvalue weighted by Crippen LogP contribution is 2.22. The summed E-state index contributed by atoms with van der Waals surface area (Å²) in [5.41, 5.74) is 2.72. The molecule has 108 valence electrons. The first-order chi connectivity index (χ1) is 10.1. The van der Waals surface area contributed by atoms with E-state index in [2.05, 4.69) is 0 Å². The minimum absolute atomic E-state index is 0.258. The summed E-state index contributed by atoms with van der Waals surface area (Å²) in [6, 6.07) is 13.9.